The molecule has 0 aromatic carbocycles. The van der Waals surface area contributed by atoms with Crippen LogP contribution in [0.5, 0.6) is 0 Å². The quantitative estimate of drug-likeness (QED) is 0.494. The first-order valence-electron chi connectivity index (χ1n) is 6.15. The van der Waals surface area contributed by atoms with E-state index < -0.39 is 0 Å². The van der Waals surface area contributed by atoms with Crippen molar-refractivity contribution in [3.05, 3.63) is 0 Å². The summed E-state index contributed by atoms with van der Waals surface area (Å²) in [5.74, 6) is -0.369. The topological polar surface area (TPSA) is 93.1 Å². The van der Waals surface area contributed by atoms with Crippen LogP contribution in [0.15, 0.2) is 0 Å². The van der Waals surface area contributed by atoms with Crippen LogP contribution in [0.3, 0.4) is 0 Å². The summed E-state index contributed by atoms with van der Waals surface area (Å²) in [6.07, 6.45) is 2.29. The monoisotopic (exact) mass is 264 g/mol. The van der Waals surface area contributed by atoms with E-state index in [1.54, 1.807) is 13.8 Å². The second kappa shape index (κ2) is 15.9. The highest BCUT2D eigenvalue weighted by Gasteiger charge is 1.99. The van der Waals surface area contributed by atoms with Gasteiger partial charge >= 0.3 is 11.9 Å². The van der Waals surface area contributed by atoms with E-state index >= 15 is 0 Å². The van der Waals surface area contributed by atoms with Crippen LogP contribution >= 0.6 is 0 Å². The normalized spacial score (nSPS) is 9.11. The first kappa shape index (κ1) is 19.2. The first-order valence-corrected chi connectivity index (χ1v) is 6.15. The fourth-order valence-corrected chi connectivity index (χ4v) is 0.780. The van der Waals surface area contributed by atoms with Crippen molar-refractivity contribution in [3.8, 4) is 0 Å². The minimum Gasteiger partial charge on any atom is -0.466 e. The van der Waals surface area contributed by atoms with Gasteiger partial charge < -0.3 is 19.7 Å². The third-order valence-corrected chi connectivity index (χ3v) is 1.74. The zero-order chi connectivity index (χ0) is 14.2. The van der Waals surface area contributed by atoms with Gasteiger partial charge in [-0.1, -0.05) is 13.8 Å². The molecule has 0 spiro atoms. The van der Waals surface area contributed by atoms with Gasteiger partial charge in [-0.15, -0.1) is 0 Å². The zero-order valence-electron chi connectivity index (χ0n) is 11.2. The maximum atomic E-state index is 10.7. The Hall–Kier alpha value is -1.14. The molecule has 0 atom stereocenters. The second-order valence-corrected chi connectivity index (χ2v) is 3.30. The Morgan fingerprint density at radius 1 is 0.833 bits per heavy atom. The number of ether oxygens (including phenoxy) is 2. The van der Waals surface area contributed by atoms with Crippen molar-refractivity contribution in [1.82, 2.24) is 0 Å². The molecule has 2 N–H and O–H groups in total. The molecule has 0 unspecified atom stereocenters. The summed E-state index contributed by atoms with van der Waals surface area (Å²) in [6.45, 7) is 4.09. The van der Waals surface area contributed by atoms with E-state index in [0.717, 1.165) is 12.8 Å². The molecule has 0 saturated carbocycles. The second-order valence-electron chi connectivity index (χ2n) is 3.30. The standard InChI is InChI=1S/C10H18O4.C2H6O2/c1-3-9(11)13-7-5-6-8-14-10(12)4-2;3-1-2-4/h3-8H2,1-2H3;3-4H,1-2H2. The van der Waals surface area contributed by atoms with E-state index in [1.165, 1.54) is 0 Å². The molecule has 0 fully saturated rings. The third-order valence-electron chi connectivity index (χ3n) is 1.74. The van der Waals surface area contributed by atoms with E-state index in [9.17, 15) is 9.59 Å². The van der Waals surface area contributed by atoms with Crippen molar-refractivity contribution in [3.63, 3.8) is 0 Å². The molecule has 0 heterocycles. The van der Waals surface area contributed by atoms with Crippen LogP contribution in [0.1, 0.15) is 39.5 Å². The summed E-state index contributed by atoms with van der Waals surface area (Å²) < 4.78 is 9.69. The first-order chi connectivity index (χ1) is 8.62. The Bertz CT molecular complexity index is 183. The minimum absolute atomic E-state index is 0.125. The number of hydrogen-bond donors (Lipinski definition) is 2. The molecule has 0 aliphatic rings. The molecular formula is C12H24O6. The van der Waals surface area contributed by atoms with E-state index in [1.807, 2.05) is 0 Å². The highest BCUT2D eigenvalue weighted by atomic mass is 16.5. The highest BCUT2D eigenvalue weighted by molar-refractivity contribution is 5.69. The largest absolute Gasteiger partial charge is 0.466 e. The number of unbranched alkanes of at least 4 members (excludes halogenated alkanes) is 1. The lowest BCUT2D eigenvalue weighted by atomic mass is 10.3. The molecule has 0 aromatic heterocycles. The van der Waals surface area contributed by atoms with Gasteiger partial charge in [0.05, 0.1) is 26.4 Å². The van der Waals surface area contributed by atoms with Gasteiger partial charge in [-0.25, -0.2) is 0 Å². The fourth-order valence-electron chi connectivity index (χ4n) is 0.780. The molecule has 108 valence electrons. The Morgan fingerprint density at radius 2 is 1.17 bits per heavy atom. The number of aliphatic hydroxyl groups is 2. The van der Waals surface area contributed by atoms with E-state index in [4.69, 9.17) is 19.7 Å². The maximum absolute atomic E-state index is 10.7. The number of hydrogen-bond acceptors (Lipinski definition) is 6. The number of rotatable bonds is 8. The maximum Gasteiger partial charge on any atom is 0.305 e. The van der Waals surface area contributed by atoms with Gasteiger partial charge in [0, 0.05) is 12.8 Å². The molecule has 0 aliphatic heterocycles. The van der Waals surface area contributed by atoms with Crippen molar-refractivity contribution in [2.24, 2.45) is 0 Å². The minimum atomic E-state index is -0.185. The van der Waals surface area contributed by atoms with Crippen molar-refractivity contribution >= 4 is 11.9 Å². The van der Waals surface area contributed by atoms with Gasteiger partial charge in [0.25, 0.3) is 0 Å². The van der Waals surface area contributed by atoms with Gasteiger partial charge in [0.1, 0.15) is 0 Å². The van der Waals surface area contributed by atoms with Gasteiger partial charge in [-0.2, -0.15) is 0 Å². The zero-order valence-corrected chi connectivity index (χ0v) is 11.2. The molecule has 18 heavy (non-hydrogen) atoms. The predicted molar refractivity (Wildman–Crippen MR) is 65.9 cm³/mol. The van der Waals surface area contributed by atoms with Gasteiger partial charge in [0.15, 0.2) is 0 Å². The van der Waals surface area contributed by atoms with Crippen molar-refractivity contribution in [1.29, 1.82) is 0 Å². The van der Waals surface area contributed by atoms with Crippen LogP contribution in [-0.2, 0) is 19.1 Å². The van der Waals surface area contributed by atoms with Crippen LogP contribution in [0.2, 0.25) is 0 Å². The molecule has 0 saturated heterocycles. The molecule has 0 amide bonds. The third kappa shape index (κ3) is 17.3. The number of esters is 2. The van der Waals surface area contributed by atoms with Gasteiger partial charge in [-0.3, -0.25) is 9.59 Å². The average molecular weight is 264 g/mol. The molecule has 6 nitrogen and oxygen atoms in total. The molecule has 0 radical (unpaired) electrons. The Labute approximate surface area is 108 Å². The van der Waals surface area contributed by atoms with E-state index in [-0.39, 0.29) is 25.2 Å². The summed E-state index contributed by atoms with van der Waals surface area (Å²) in [6, 6.07) is 0. The lowest BCUT2D eigenvalue weighted by Crippen LogP contribution is -2.07. The fraction of sp³-hybridized carbons (Fsp3) is 0.833. The van der Waals surface area contributed by atoms with E-state index in [2.05, 4.69) is 0 Å². The summed E-state index contributed by atoms with van der Waals surface area (Å²) in [5.41, 5.74) is 0. The number of aliphatic hydroxyl groups excluding tert-OH is 2. The Kier molecular flexibility index (Phi) is 16.9. The van der Waals surface area contributed by atoms with Crippen LogP contribution in [0, 0.1) is 0 Å². The number of carbonyl (C=O) groups is 2. The highest BCUT2D eigenvalue weighted by Crippen LogP contribution is 1.94. The Balaban J connectivity index is 0. The van der Waals surface area contributed by atoms with Crippen LogP contribution in [0.25, 0.3) is 0 Å². The van der Waals surface area contributed by atoms with Crippen molar-refractivity contribution in [2.75, 3.05) is 26.4 Å². The molecule has 0 aromatic rings. The molecule has 0 aliphatic carbocycles. The summed E-state index contributed by atoms with van der Waals surface area (Å²) in [4.78, 5) is 21.4. The summed E-state index contributed by atoms with van der Waals surface area (Å²) >= 11 is 0. The average Bonchev–Trinajstić information content (AvgIpc) is 2.42. The van der Waals surface area contributed by atoms with Gasteiger partial charge in [0.2, 0.25) is 0 Å². The molecule has 0 rings (SSSR count). The van der Waals surface area contributed by atoms with Crippen LogP contribution in [0.4, 0.5) is 0 Å². The van der Waals surface area contributed by atoms with Crippen molar-refractivity contribution < 1.29 is 29.3 Å². The number of carbonyl (C=O) groups excluding carboxylic acids is 2. The summed E-state index contributed by atoms with van der Waals surface area (Å²) in [5, 5.41) is 15.2. The summed E-state index contributed by atoms with van der Waals surface area (Å²) in [7, 11) is 0. The predicted octanol–water partition coefficient (Wildman–Crippen LogP) is 0.644. The lowest BCUT2D eigenvalue weighted by Gasteiger charge is -2.04. The molecular weight excluding hydrogens is 240 g/mol. The lowest BCUT2D eigenvalue weighted by molar-refractivity contribution is -0.145. The smallest absolute Gasteiger partial charge is 0.305 e. The SMILES string of the molecule is CCC(=O)OCCCCOC(=O)CC.OCCO. The molecule has 0 bridgehead atoms. The van der Waals surface area contributed by atoms with Gasteiger partial charge in [-0.05, 0) is 12.8 Å². The van der Waals surface area contributed by atoms with E-state index in [0.29, 0.717) is 26.1 Å². The molecule has 6 heteroatoms. The van der Waals surface area contributed by atoms with Crippen molar-refractivity contribution in [2.45, 2.75) is 39.5 Å². The Morgan fingerprint density at radius 3 is 1.39 bits per heavy atom. The van der Waals surface area contributed by atoms with Crippen LogP contribution < -0.4 is 0 Å². The van der Waals surface area contributed by atoms with Crippen LogP contribution in [-0.4, -0.2) is 48.6 Å².